The predicted molar refractivity (Wildman–Crippen MR) is 68.8 cm³/mol. The van der Waals surface area contributed by atoms with Crippen molar-refractivity contribution in [3.05, 3.63) is 28.8 Å². The lowest BCUT2D eigenvalue weighted by Crippen LogP contribution is -2.54. The van der Waals surface area contributed by atoms with Gasteiger partial charge in [-0.25, -0.2) is 0 Å². The highest BCUT2D eigenvalue weighted by molar-refractivity contribution is 6.31. The minimum Gasteiger partial charge on any atom is -0.496 e. The quantitative estimate of drug-likeness (QED) is 0.570. The second-order valence-electron chi connectivity index (χ2n) is 4.03. The monoisotopic (exact) mass is 275 g/mol. The fourth-order valence-electron chi connectivity index (χ4n) is 1.50. The number of halogens is 1. The maximum absolute atomic E-state index is 9.20. The van der Waals surface area contributed by atoms with Crippen molar-refractivity contribution >= 4 is 11.6 Å². The van der Waals surface area contributed by atoms with Gasteiger partial charge >= 0.3 is 0 Å². The van der Waals surface area contributed by atoms with Crippen molar-refractivity contribution in [3.8, 4) is 5.75 Å². The summed E-state index contributed by atoms with van der Waals surface area (Å²) >= 11 is 6.06. The molecule has 0 heterocycles. The average molecular weight is 276 g/mol. The van der Waals surface area contributed by atoms with Crippen LogP contribution in [0.4, 0.5) is 0 Å². The Hall–Kier alpha value is -0.850. The van der Waals surface area contributed by atoms with Gasteiger partial charge in [0.15, 0.2) is 0 Å². The molecule has 0 aliphatic heterocycles. The van der Waals surface area contributed by atoms with Crippen LogP contribution in [0.3, 0.4) is 0 Å². The van der Waals surface area contributed by atoms with Gasteiger partial charge in [-0.3, -0.25) is 0 Å². The van der Waals surface area contributed by atoms with E-state index in [1.54, 1.807) is 18.2 Å². The maximum atomic E-state index is 9.20. The molecule has 0 radical (unpaired) electrons. The zero-order valence-electron chi connectivity index (χ0n) is 10.2. The third kappa shape index (κ3) is 3.34. The third-order valence-corrected chi connectivity index (χ3v) is 3.20. The van der Waals surface area contributed by atoms with Gasteiger partial charge in [-0.1, -0.05) is 17.7 Å². The Balaban J connectivity index is 2.85. The van der Waals surface area contributed by atoms with Crippen molar-refractivity contribution in [1.29, 1.82) is 0 Å². The maximum Gasteiger partial charge on any atom is 0.124 e. The molecule has 0 atom stereocenters. The molecule has 5 nitrogen and oxygen atoms in total. The minimum atomic E-state index is -1.13. The number of aliphatic hydroxyl groups excluding tert-OH is 3. The van der Waals surface area contributed by atoms with Gasteiger partial charge in [-0.05, 0) is 12.1 Å². The number of benzene rings is 1. The highest BCUT2D eigenvalue weighted by atomic mass is 35.5. The largest absolute Gasteiger partial charge is 0.496 e. The van der Waals surface area contributed by atoms with E-state index in [2.05, 4.69) is 5.32 Å². The molecule has 0 bridgehead atoms. The van der Waals surface area contributed by atoms with Crippen LogP contribution in [0.5, 0.6) is 5.75 Å². The molecule has 0 amide bonds. The van der Waals surface area contributed by atoms with Crippen LogP contribution in [-0.2, 0) is 6.54 Å². The summed E-state index contributed by atoms with van der Waals surface area (Å²) in [6.07, 6.45) is 0. The van der Waals surface area contributed by atoms with Gasteiger partial charge in [-0.2, -0.15) is 0 Å². The molecule has 0 fully saturated rings. The summed E-state index contributed by atoms with van der Waals surface area (Å²) < 4.78 is 5.18. The number of ether oxygens (including phenoxy) is 1. The van der Waals surface area contributed by atoms with Crippen molar-refractivity contribution in [1.82, 2.24) is 5.32 Å². The lowest BCUT2D eigenvalue weighted by Gasteiger charge is -2.29. The normalized spacial score (nSPS) is 11.6. The fraction of sp³-hybridized carbons (Fsp3) is 0.500. The Labute approximate surface area is 111 Å². The first-order chi connectivity index (χ1) is 8.62. The van der Waals surface area contributed by atoms with Gasteiger partial charge in [-0.15, -0.1) is 0 Å². The smallest absolute Gasteiger partial charge is 0.124 e. The molecule has 0 saturated carbocycles. The first kappa shape index (κ1) is 15.2. The zero-order chi connectivity index (χ0) is 13.6. The number of aliphatic hydroxyl groups is 3. The van der Waals surface area contributed by atoms with Crippen molar-refractivity contribution in [2.24, 2.45) is 0 Å². The Bertz CT molecular complexity index is 374. The van der Waals surface area contributed by atoms with Crippen molar-refractivity contribution in [2.45, 2.75) is 12.1 Å². The van der Waals surface area contributed by atoms with Crippen molar-refractivity contribution in [3.63, 3.8) is 0 Å². The number of methoxy groups -OCH3 is 1. The highest BCUT2D eigenvalue weighted by Crippen LogP contribution is 2.26. The van der Waals surface area contributed by atoms with Gasteiger partial charge in [0.2, 0.25) is 0 Å². The van der Waals surface area contributed by atoms with Gasteiger partial charge in [0.05, 0.1) is 32.5 Å². The summed E-state index contributed by atoms with van der Waals surface area (Å²) in [6, 6.07) is 5.25. The zero-order valence-corrected chi connectivity index (χ0v) is 10.9. The van der Waals surface area contributed by atoms with Crippen LogP contribution in [-0.4, -0.2) is 47.8 Å². The first-order valence-corrected chi connectivity index (χ1v) is 5.89. The third-order valence-electron chi connectivity index (χ3n) is 2.84. The SMILES string of the molecule is COc1cccc(Cl)c1CNC(CO)(CO)CO. The molecule has 4 N–H and O–H groups in total. The Morgan fingerprint density at radius 1 is 1.22 bits per heavy atom. The standard InChI is InChI=1S/C12H18ClNO4/c1-18-11-4-2-3-10(13)9(11)5-14-12(6-15,7-16)8-17/h2-4,14-17H,5-8H2,1H3. The molecule has 1 rings (SSSR count). The molecule has 102 valence electrons. The van der Waals surface area contributed by atoms with E-state index in [1.807, 2.05) is 0 Å². The molecule has 0 aromatic heterocycles. The lowest BCUT2D eigenvalue weighted by atomic mass is 10.0. The topological polar surface area (TPSA) is 82.0 Å². The van der Waals surface area contributed by atoms with E-state index in [0.717, 1.165) is 0 Å². The van der Waals surface area contributed by atoms with Crippen molar-refractivity contribution < 1.29 is 20.1 Å². The molecule has 0 unspecified atom stereocenters. The lowest BCUT2D eigenvalue weighted by molar-refractivity contribution is 0.0412. The van der Waals surface area contributed by atoms with Crippen LogP contribution in [0.15, 0.2) is 18.2 Å². The second kappa shape index (κ2) is 6.92. The number of hydrogen-bond acceptors (Lipinski definition) is 5. The number of hydrogen-bond donors (Lipinski definition) is 4. The molecule has 0 aliphatic rings. The van der Waals surface area contributed by atoms with Crippen LogP contribution < -0.4 is 10.1 Å². The molecular formula is C12H18ClNO4. The molecule has 6 heteroatoms. The van der Waals surface area contributed by atoms with E-state index in [4.69, 9.17) is 16.3 Å². The molecule has 0 spiro atoms. The average Bonchev–Trinajstić information content (AvgIpc) is 2.42. The predicted octanol–water partition coefficient (Wildman–Crippen LogP) is 0.154. The Kier molecular flexibility index (Phi) is 5.84. The summed E-state index contributed by atoms with van der Waals surface area (Å²) in [5, 5.41) is 31.0. The van der Waals surface area contributed by atoms with E-state index in [9.17, 15) is 15.3 Å². The minimum absolute atomic E-state index is 0.268. The van der Waals surface area contributed by atoms with E-state index >= 15 is 0 Å². The summed E-state index contributed by atoms with van der Waals surface area (Å²) in [6.45, 7) is -0.878. The molecule has 0 saturated heterocycles. The molecule has 18 heavy (non-hydrogen) atoms. The van der Waals surface area contributed by atoms with Crippen molar-refractivity contribution in [2.75, 3.05) is 26.9 Å². The molecular weight excluding hydrogens is 258 g/mol. The summed E-state index contributed by atoms with van der Waals surface area (Å²) in [7, 11) is 1.53. The molecule has 1 aromatic rings. The number of rotatable bonds is 7. The molecule has 0 aliphatic carbocycles. The van der Waals surface area contributed by atoms with Gasteiger partial charge in [0.25, 0.3) is 0 Å². The van der Waals surface area contributed by atoms with E-state index in [-0.39, 0.29) is 26.4 Å². The van der Waals surface area contributed by atoms with Crippen LogP contribution >= 0.6 is 11.6 Å². The Morgan fingerprint density at radius 2 is 1.83 bits per heavy atom. The van der Waals surface area contributed by atoms with E-state index < -0.39 is 5.54 Å². The van der Waals surface area contributed by atoms with Crippen LogP contribution in [0.25, 0.3) is 0 Å². The van der Waals surface area contributed by atoms with E-state index in [1.165, 1.54) is 7.11 Å². The van der Waals surface area contributed by atoms with Gasteiger partial charge < -0.3 is 25.4 Å². The number of nitrogens with one attached hydrogen (secondary N) is 1. The summed E-state index contributed by atoms with van der Waals surface area (Å²) in [5.41, 5.74) is -0.425. The highest BCUT2D eigenvalue weighted by Gasteiger charge is 2.27. The summed E-state index contributed by atoms with van der Waals surface area (Å²) in [4.78, 5) is 0. The molecule has 1 aromatic carbocycles. The Morgan fingerprint density at radius 3 is 2.33 bits per heavy atom. The van der Waals surface area contributed by atoms with Crippen LogP contribution in [0.1, 0.15) is 5.56 Å². The fourth-order valence-corrected chi connectivity index (χ4v) is 1.73. The van der Waals surface area contributed by atoms with E-state index in [0.29, 0.717) is 16.3 Å². The van der Waals surface area contributed by atoms with Crippen LogP contribution in [0, 0.1) is 0 Å². The van der Waals surface area contributed by atoms with Gasteiger partial charge in [0.1, 0.15) is 5.75 Å². The first-order valence-electron chi connectivity index (χ1n) is 5.51. The van der Waals surface area contributed by atoms with Crippen LogP contribution in [0.2, 0.25) is 5.02 Å². The second-order valence-corrected chi connectivity index (χ2v) is 4.44. The summed E-state index contributed by atoms with van der Waals surface area (Å²) in [5.74, 6) is 0.609. The van der Waals surface area contributed by atoms with Gasteiger partial charge in [0, 0.05) is 17.1 Å².